The molecule has 0 radical (unpaired) electrons. The lowest BCUT2D eigenvalue weighted by molar-refractivity contribution is 0.128. The first kappa shape index (κ1) is 20.9. The third-order valence-electron chi connectivity index (χ3n) is 4.68. The molecule has 0 aliphatic heterocycles. The molecule has 3 rings (SSSR count). The standard InChI is InChI=1S/C18H28N6O.HI/c1-3-19-17(21-14-18(8-9-18)10-12-25-4-2)20-13-16-23-22-15-7-5-6-11-24(15)16;/h5-7,11H,3-4,8-10,12-14H2,1-2H3,(H2,19,20,21);1H. The molecule has 7 nitrogen and oxygen atoms in total. The number of nitrogens with zero attached hydrogens (tertiary/aromatic N) is 4. The Hall–Kier alpha value is -1.42. The van der Waals surface area contributed by atoms with E-state index in [1.54, 1.807) is 0 Å². The summed E-state index contributed by atoms with van der Waals surface area (Å²) in [6, 6.07) is 5.88. The van der Waals surface area contributed by atoms with Crippen LogP contribution in [0.4, 0.5) is 0 Å². The van der Waals surface area contributed by atoms with Crippen LogP contribution in [0.3, 0.4) is 0 Å². The van der Waals surface area contributed by atoms with Crippen molar-refractivity contribution >= 4 is 35.6 Å². The second-order valence-corrected chi connectivity index (χ2v) is 6.54. The third kappa shape index (κ3) is 5.54. The molecule has 1 aliphatic rings. The number of rotatable bonds is 9. The van der Waals surface area contributed by atoms with E-state index in [1.165, 1.54) is 12.8 Å². The van der Waals surface area contributed by atoms with Crippen LogP contribution in [0, 0.1) is 5.41 Å². The minimum absolute atomic E-state index is 0. The van der Waals surface area contributed by atoms with E-state index < -0.39 is 0 Å². The molecule has 144 valence electrons. The van der Waals surface area contributed by atoms with Crippen LogP contribution in [0.5, 0.6) is 0 Å². The number of hydrogen-bond acceptors (Lipinski definition) is 4. The molecular formula is C18H29IN6O. The van der Waals surface area contributed by atoms with Crippen LogP contribution in [0.2, 0.25) is 0 Å². The van der Waals surface area contributed by atoms with Gasteiger partial charge in [0.1, 0.15) is 6.54 Å². The van der Waals surface area contributed by atoms with Crippen LogP contribution in [0.15, 0.2) is 29.4 Å². The Morgan fingerprint density at radius 1 is 1.27 bits per heavy atom. The lowest BCUT2D eigenvalue weighted by Crippen LogP contribution is -2.40. The predicted octanol–water partition coefficient (Wildman–Crippen LogP) is 2.61. The van der Waals surface area contributed by atoms with Crippen molar-refractivity contribution in [3.8, 4) is 0 Å². The third-order valence-corrected chi connectivity index (χ3v) is 4.68. The van der Waals surface area contributed by atoms with Gasteiger partial charge in [0.25, 0.3) is 0 Å². The smallest absolute Gasteiger partial charge is 0.191 e. The number of nitrogens with one attached hydrogen (secondary N) is 2. The molecule has 2 aromatic rings. The summed E-state index contributed by atoms with van der Waals surface area (Å²) in [4.78, 5) is 4.67. The van der Waals surface area contributed by atoms with Gasteiger partial charge in [-0.3, -0.25) is 4.40 Å². The number of aromatic nitrogens is 3. The van der Waals surface area contributed by atoms with E-state index in [1.807, 2.05) is 35.7 Å². The quantitative estimate of drug-likeness (QED) is 0.254. The molecule has 0 bridgehead atoms. The van der Waals surface area contributed by atoms with Crippen LogP contribution < -0.4 is 10.6 Å². The Labute approximate surface area is 172 Å². The van der Waals surface area contributed by atoms with Crippen LogP contribution in [0.1, 0.15) is 38.9 Å². The van der Waals surface area contributed by atoms with E-state index in [-0.39, 0.29) is 24.0 Å². The van der Waals surface area contributed by atoms with Crippen molar-refractivity contribution in [3.63, 3.8) is 0 Å². The van der Waals surface area contributed by atoms with Gasteiger partial charge in [0.2, 0.25) is 0 Å². The zero-order chi connectivity index (χ0) is 17.5. The maximum Gasteiger partial charge on any atom is 0.191 e. The van der Waals surface area contributed by atoms with Gasteiger partial charge < -0.3 is 15.4 Å². The number of hydrogen-bond donors (Lipinski definition) is 2. The van der Waals surface area contributed by atoms with Gasteiger partial charge in [-0.25, -0.2) is 4.99 Å². The van der Waals surface area contributed by atoms with E-state index in [9.17, 15) is 0 Å². The number of pyridine rings is 1. The van der Waals surface area contributed by atoms with E-state index in [4.69, 9.17) is 4.74 Å². The summed E-state index contributed by atoms with van der Waals surface area (Å²) in [6.45, 7) is 8.02. The zero-order valence-corrected chi connectivity index (χ0v) is 17.9. The summed E-state index contributed by atoms with van der Waals surface area (Å²) in [5, 5.41) is 15.2. The molecule has 26 heavy (non-hydrogen) atoms. The monoisotopic (exact) mass is 472 g/mol. The summed E-state index contributed by atoms with van der Waals surface area (Å²) in [7, 11) is 0. The van der Waals surface area contributed by atoms with Crippen LogP contribution >= 0.6 is 24.0 Å². The molecule has 8 heteroatoms. The number of ether oxygens (including phenoxy) is 1. The fraction of sp³-hybridized carbons (Fsp3) is 0.611. The van der Waals surface area contributed by atoms with Crippen LogP contribution in [0.25, 0.3) is 5.65 Å². The first-order valence-corrected chi connectivity index (χ1v) is 9.15. The highest BCUT2D eigenvalue weighted by molar-refractivity contribution is 14.0. The average Bonchev–Trinajstić information content (AvgIpc) is 3.28. The van der Waals surface area contributed by atoms with Gasteiger partial charge in [-0.2, -0.15) is 0 Å². The molecule has 0 aromatic carbocycles. The van der Waals surface area contributed by atoms with Gasteiger partial charge in [-0.15, -0.1) is 34.2 Å². The molecule has 2 aromatic heterocycles. The SMILES string of the molecule is CCNC(=NCc1nnc2ccccn12)NCC1(CCOCC)CC1.I. The largest absolute Gasteiger partial charge is 0.382 e. The van der Waals surface area contributed by atoms with Gasteiger partial charge in [-0.05, 0) is 50.7 Å². The summed E-state index contributed by atoms with van der Waals surface area (Å²) in [5.41, 5.74) is 1.23. The molecule has 1 fully saturated rings. The van der Waals surface area contributed by atoms with Crippen LogP contribution in [-0.2, 0) is 11.3 Å². The second kappa shape index (κ2) is 10.1. The highest BCUT2D eigenvalue weighted by Gasteiger charge is 2.41. The Bertz CT molecular complexity index is 713. The summed E-state index contributed by atoms with van der Waals surface area (Å²) in [6.07, 6.45) is 5.61. The molecule has 0 atom stereocenters. The molecule has 1 saturated carbocycles. The topological polar surface area (TPSA) is 75.8 Å². The Morgan fingerprint density at radius 2 is 2.12 bits per heavy atom. The average molecular weight is 472 g/mol. The van der Waals surface area contributed by atoms with Crippen molar-refractivity contribution < 1.29 is 4.74 Å². The van der Waals surface area contributed by atoms with E-state index in [0.717, 1.165) is 50.2 Å². The maximum atomic E-state index is 5.51. The fourth-order valence-corrected chi connectivity index (χ4v) is 2.89. The lowest BCUT2D eigenvalue weighted by Gasteiger charge is -2.18. The van der Waals surface area contributed by atoms with Crippen molar-refractivity contribution in [1.29, 1.82) is 0 Å². The number of fused-ring (bicyclic) bond motifs is 1. The zero-order valence-electron chi connectivity index (χ0n) is 15.6. The van der Waals surface area contributed by atoms with E-state index >= 15 is 0 Å². The van der Waals surface area contributed by atoms with Gasteiger partial charge in [-0.1, -0.05) is 6.07 Å². The number of aliphatic imine (C=N–C) groups is 1. The molecule has 0 unspecified atom stereocenters. The highest BCUT2D eigenvalue weighted by atomic mass is 127. The minimum Gasteiger partial charge on any atom is -0.382 e. The second-order valence-electron chi connectivity index (χ2n) is 6.54. The Balaban J connectivity index is 0.00000243. The Kier molecular flexibility index (Phi) is 8.08. The summed E-state index contributed by atoms with van der Waals surface area (Å²) in [5.74, 6) is 1.67. The fourth-order valence-electron chi connectivity index (χ4n) is 2.89. The molecule has 0 saturated heterocycles. The minimum atomic E-state index is 0. The maximum absolute atomic E-state index is 5.51. The van der Waals surface area contributed by atoms with Crippen molar-refractivity contribution in [3.05, 3.63) is 30.2 Å². The summed E-state index contributed by atoms with van der Waals surface area (Å²) >= 11 is 0. The predicted molar refractivity (Wildman–Crippen MR) is 114 cm³/mol. The molecule has 0 amide bonds. The van der Waals surface area contributed by atoms with Crippen LogP contribution in [-0.4, -0.2) is 46.9 Å². The molecule has 0 spiro atoms. The van der Waals surface area contributed by atoms with Gasteiger partial charge >= 0.3 is 0 Å². The molecular weight excluding hydrogens is 443 g/mol. The van der Waals surface area contributed by atoms with Crippen molar-refractivity contribution in [2.24, 2.45) is 10.4 Å². The van der Waals surface area contributed by atoms with Gasteiger partial charge in [0.05, 0.1) is 0 Å². The summed E-state index contributed by atoms with van der Waals surface area (Å²) < 4.78 is 7.48. The molecule has 1 aliphatic carbocycles. The number of guanidine groups is 1. The van der Waals surface area contributed by atoms with Crippen molar-refractivity contribution in [1.82, 2.24) is 25.2 Å². The number of halogens is 1. The molecule has 2 heterocycles. The van der Waals surface area contributed by atoms with Crippen molar-refractivity contribution in [2.75, 3.05) is 26.3 Å². The van der Waals surface area contributed by atoms with Gasteiger partial charge in [0, 0.05) is 32.5 Å². The first-order valence-electron chi connectivity index (χ1n) is 9.15. The molecule has 2 N–H and O–H groups in total. The lowest BCUT2D eigenvalue weighted by atomic mass is 10.0. The van der Waals surface area contributed by atoms with E-state index in [0.29, 0.717) is 12.0 Å². The van der Waals surface area contributed by atoms with E-state index in [2.05, 4.69) is 32.7 Å². The Morgan fingerprint density at radius 3 is 2.85 bits per heavy atom. The van der Waals surface area contributed by atoms with Gasteiger partial charge in [0.15, 0.2) is 17.4 Å². The first-order chi connectivity index (χ1) is 12.3. The normalized spacial score (nSPS) is 15.5. The highest BCUT2D eigenvalue weighted by Crippen LogP contribution is 2.48. The van der Waals surface area contributed by atoms with Crippen molar-refractivity contribution in [2.45, 2.75) is 39.7 Å².